The first kappa shape index (κ1) is 10.8. The Balaban J connectivity index is 2.11. The molecule has 0 aromatic heterocycles. The molecule has 19 heavy (non-hydrogen) atoms. The standard InChI is InChI=1S/C19H16/c1-2-13-6-7-16-9-8-14-4-3-5-15-10-11-17(13)19(16)12-18(14)15/h3-11H,2,12H2,1H3. The highest BCUT2D eigenvalue weighted by molar-refractivity contribution is 5.86. The Bertz CT molecular complexity index is 730. The maximum Gasteiger partial charge on any atom is -0.000190 e. The molecule has 0 spiro atoms. The molecular weight excluding hydrogens is 228 g/mol. The highest BCUT2D eigenvalue weighted by Gasteiger charge is 2.18. The minimum absolute atomic E-state index is 1.06. The summed E-state index contributed by atoms with van der Waals surface area (Å²) in [6.45, 7) is 2.24. The fourth-order valence-electron chi connectivity index (χ4n) is 3.27. The van der Waals surface area contributed by atoms with Crippen molar-refractivity contribution in [2.45, 2.75) is 19.8 Å². The monoisotopic (exact) mass is 244 g/mol. The van der Waals surface area contributed by atoms with Crippen LogP contribution in [0.4, 0.5) is 0 Å². The molecule has 92 valence electrons. The van der Waals surface area contributed by atoms with Crippen molar-refractivity contribution in [3.05, 3.63) is 69.3 Å². The molecule has 0 fully saturated rings. The Morgan fingerprint density at radius 3 is 2.21 bits per heavy atom. The maximum atomic E-state index is 2.31. The number of hydrogen-bond acceptors (Lipinski definition) is 0. The van der Waals surface area contributed by atoms with E-state index in [1.54, 1.807) is 0 Å². The van der Waals surface area contributed by atoms with Gasteiger partial charge in [0.05, 0.1) is 0 Å². The Morgan fingerprint density at radius 2 is 1.47 bits per heavy atom. The molecule has 2 aliphatic carbocycles. The molecule has 0 unspecified atom stereocenters. The van der Waals surface area contributed by atoms with Gasteiger partial charge in [0.15, 0.2) is 0 Å². The average molecular weight is 244 g/mol. The van der Waals surface area contributed by atoms with Crippen LogP contribution in [0.1, 0.15) is 45.9 Å². The summed E-state index contributed by atoms with van der Waals surface area (Å²) < 4.78 is 0. The van der Waals surface area contributed by atoms with Crippen molar-refractivity contribution in [3.63, 3.8) is 0 Å². The van der Waals surface area contributed by atoms with Crippen LogP contribution >= 0.6 is 0 Å². The van der Waals surface area contributed by atoms with Crippen LogP contribution in [-0.4, -0.2) is 0 Å². The second-order valence-electron chi connectivity index (χ2n) is 5.32. The maximum absolute atomic E-state index is 2.31. The van der Waals surface area contributed by atoms with E-state index in [4.69, 9.17) is 0 Å². The summed E-state index contributed by atoms with van der Waals surface area (Å²) in [4.78, 5) is 0. The van der Waals surface area contributed by atoms with Gasteiger partial charge in [0.25, 0.3) is 0 Å². The molecule has 0 saturated carbocycles. The first-order valence-corrected chi connectivity index (χ1v) is 6.99. The summed E-state index contributed by atoms with van der Waals surface area (Å²) in [5.41, 5.74) is 9.98. The molecule has 0 N–H and O–H groups in total. The van der Waals surface area contributed by atoms with Gasteiger partial charge in [0, 0.05) is 0 Å². The molecule has 0 heterocycles. The van der Waals surface area contributed by atoms with Crippen LogP contribution in [0.5, 0.6) is 0 Å². The molecule has 0 amide bonds. The van der Waals surface area contributed by atoms with Crippen LogP contribution in [0, 0.1) is 0 Å². The van der Waals surface area contributed by atoms with E-state index in [0.717, 1.165) is 12.8 Å². The molecule has 0 heteroatoms. The molecule has 2 bridgehead atoms. The predicted molar refractivity (Wildman–Crippen MR) is 82.9 cm³/mol. The predicted octanol–water partition coefficient (Wildman–Crippen LogP) is 4.81. The van der Waals surface area contributed by atoms with Crippen LogP contribution in [0.2, 0.25) is 0 Å². The minimum atomic E-state index is 1.06. The van der Waals surface area contributed by atoms with Crippen molar-refractivity contribution in [1.82, 2.24) is 0 Å². The molecule has 0 radical (unpaired) electrons. The van der Waals surface area contributed by atoms with Gasteiger partial charge < -0.3 is 0 Å². The van der Waals surface area contributed by atoms with Gasteiger partial charge in [0.2, 0.25) is 0 Å². The van der Waals surface area contributed by atoms with Crippen molar-refractivity contribution in [2.24, 2.45) is 0 Å². The molecular formula is C19H16. The first-order chi connectivity index (χ1) is 9.36. The Morgan fingerprint density at radius 1 is 0.789 bits per heavy atom. The molecule has 0 aliphatic heterocycles. The molecule has 2 aromatic carbocycles. The second-order valence-corrected chi connectivity index (χ2v) is 5.32. The molecule has 0 nitrogen and oxygen atoms in total. The zero-order chi connectivity index (χ0) is 12.8. The fraction of sp³-hybridized carbons (Fsp3) is 0.158. The van der Waals surface area contributed by atoms with Crippen molar-refractivity contribution in [1.29, 1.82) is 0 Å². The lowest BCUT2D eigenvalue weighted by Gasteiger charge is -2.12. The van der Waals surface area contributed by atoms with Crippen LogP contribution in [-0.2, 0) is 12.8 Å². The highest BCUT2D eigenvalue weighted by atomic mass is 14.2. The zero-order valence-corrected chi connectivity index (χ0v) is 11.1. The van der Waals surface area contributed by atoms with E-state index in [2.05, 4.69) is 61.6 Å². The van der Waals surface area contributed by atoms with Crippen LogP contribution in [0.25, 0.3) is 24.3 Å². The van der Waals surface area contributed by atoms with Gasteiger partial charge in [-0.25, -0.2) is 0 Å². The average Bonchev–Trinajstić information content (AvgIpc) is 2.76. The zero-order valence-electron chi connectivity index (χ0n) is 11.1. The lowest BCUT2D eigenvalue weighted by molar-refractivity contribution is 1.10. The molecule has 0 saturated heterocycles. The normalized spacial score (nSPS) is 14.2. The smallest absolute Gasteiger partial charge is 0.000190 e. The Hall–Kier alpha value is -2.08. The summed E-state index contributed by atoms with van der Waals surface area (Å²) in [6.07, 6.45) is 11.3. The fourth-order valence-corrected chi connectivity index (χ4v) is 3.27. The first-order valence-electron chi connectivity index (χ1n) is 6.99. The second kappa shape index (κ2) is 3.96. The number of hydrogen-bond donors (Lipinski definition) is 0. The van der Waals surface area contributed by atoms with E-state index in [9.17, 15) is 0 Å². The molecule has 2 aromatic rings. The van der Waals surface area contributed by atoms with E-state index < -0.39 is 0 Å². The largest absolute Gasteiger partial charge is 0.0613 e. The minimum Gasteiger partial charge on any atom is -0.0613 e. The topological polar surface area (TPSA) is 0 Å². The van der Waals surface area contributed by atoms with E-state index in [-0.39, 0.29) is 0 Å². The SMILES string of the molecule is CCc1ccc2c3c1C=Cc1cccc(c1C3)C=C2. The third-order valence-corrected chi connectivity index (χ3v) is 4.34. The summed E-state index contributed by atoms with van der Waals surface area (Å²) >= 11 is 0. The lowest BCUT2D eigenvalue weighted by atomic mass is 9.92. The molecule has 4 rings (SSSR count). The van der Waals surface area contributed by atoms with Gasteiger partial charge in [-0.15, -0.1) is 0 Å². The van der Waals surface area contributed by atoms with Gasteiger partial charge in [0.1, 0.15) is 0 Å². The lowest BCUT2D eigenvalue weighted by Crippen LogP contribution is -1.98. The Kier molecular flexibility index (Phi) is 2.25. The van der Waals surface area contributed by atoms with E-state index in [1.165, 1.54) is 38.9 Å². The van der Waals surface area contributed by atoms with Gasteiger partial charge in [-0.05, 0) is 51.8 Å². The van der Waals surface area contributed by atoms with Crippen molar-refractivity contribution >= 4 is 24.3 Å². The van der Waals surface area contributed by atoms with Crippen LogP contribution in [0.15, 0.2) is 30.3 Å². The van der Waals surface area contributed by atoms with Gasteiger partial charge in [-0.1, -0.05) is 61.6 Å². The Labute approximate surface area is 114 Å². The summed E-state index contributed by atoms with van der Waals surface area (Å²) in [6, 6.07) is 11.2. The summed E-state index contributed by atoms with van der Waals surface area (Å²) in [5, 5.41) is 0. The third-order valence-electron chi connectivity index (χ3n) is 4.34. The number of benzene rings is 2. The number of aryl methyl sites for hydroxylation is 1. The molecule has 0 atom stereocenters. The van der Waals surface area contributed by atoms with Crippen molar-refractivity contribution in [2.75, 3.05) is 0 Å². The van der Waals surface area contributed by atoms with Gasteiger partial charge in [-0.2, -0.15) is 0 Å². The molecule has 2 aliphatic rings. The summed E-state index contributed by atoms with van der Waals surface area (Å²) in [5.74, 6) is 0. The third kappa shape index (κ3) is 1.53. The van der Waals surface area contributed by atoms with E-state index in [0.29, 0.717) is 0 Å². The van der Waals surface area contributed by atoms with Gasteiger partial charge >= 0.3 is 0 Å². The van der Waals surface area contributed by atoms with Crippen LogP contribution in [0.3, 0.4) is 0 Å². The highest BCUT2D eigenvalue weighted by Crippen LogP contribution is 2.35. The van der Waals surface area contributed by atoms with Crippen molar-refractivity contribution < 1.29 is 0 Å². The van der Waals surface area contributed by atoms with E-state index in [1.807, 2.05) is 0 Å². The summed E-state index contributed by atoms with van der Waals surface area (Å²) in [7, 11) is 0. The van der Waals surface area contributed by atoms with Crippen LogP contribution < -0.4 is 0 Å². The van der Waals surface area contributed by atoms with Gasteiger partial charge in [-0.3, -0.25) is 0 Å². The number of rotatable bonds is 1. The quantitative estimate of drug-likeness (QED) is 0.451. The van der Waals surface area contributed by atoms with Crippen molar-refractivity contribution in [3.8, 4) is 0 Å². The van der Waals surface area contributed by atoms with E-state index >= 15 is 0 Å².